The number of ether oxygens (including phenoxy) is 1. The number of nitriles is 1. The van der Waals surface area contributed by atoms with Gasteiger partial charge in [-0.25, -0.2) is 4.98 Å². The van der Waals surface area contributed by atoms with Gasteiger partial charge in [-0.1, -0.05) is 12.1 Å². The van der Waals surface area contributed by atoms with Crippen molar-refractivity contribution in [2.24, 2.45) is 0 Å². The maximum atomic E-state index is 12.5. The Morgan fingerprint density at radius 3 is 2.64 bits per heavy atom. The van der Waals surface area contributed by atoms with Gasteiger partial charge >= 0.3 is 0 Å². The van der Waals surface area contributed by atoms with Gasteiger partial charge in [0.25, 0.3) is 5.91 Å². The number of nitrogens with zero attached hydrogens (tertiary/aromatic N) is 4. The fourth-order valence-corrected chi connectivity index (χ4v) is 4.58. The number of hydrogen-bond donors (Lipinski definition) is 1. The number of hydrogen-bond acceptors (Lipinski definition) is 7. The van der Waals surface area contributed by atoms with Crippen molar-refractivity contribution in [1.29, 1.82) is 5.26 Å². The first-order valence-corrected chi connectivity index (χ1v) is 12.2. The molecule has 4 rings (SSSR count). The molecule has 0 unspecified atom stereocenters. The van der Waals surface area contributed by atoms with Crippen molar-refractivity contribution in [3.05, 3.63) is 41.6 Å². The zero-order valence-corrected chi connectivity index (χ0v) is 20.9. The molecule has 1 saturated heterocycles. The summed E-state index contributed by atoms with van der Waals surface area (Å²) in [6.45, 7) is 5.39. The minimum atomic E-state index is -0.672. The Morgan fingerprint density at radius 1 is 1.22 bits per heavy atom. The van der Waals surface area contributed by atoms with Crippen LogP contribution >= 0.6 is 0 Å². The third-order valence-electron chi connectivity index (χ3n) is 6.64. The Balaban J connectivity index is 1.63. The fourth-order valence-electron chi connectivity index (χ4n) is 4.58. The minimum absolute atomic E-state index is 0.0120. The number of amides is 2. The van der Waals surface area contributed by atoms with E-state index in [0.717, 1.165) is 29.7 Å². The molecular weight excluding hydrogens is 458 g/mol. The maximum absolute atomic E-state index is 12.5. The molecule has 0 radical (unpaired) electrons. The predicted molar refractivity (Wildman–Crippen MR) is 136 cm³/mol. The lowest BCUT2D eigenvalue weighted by Crippen LogP contribution is -2.54. The van der Waals surface area contributed by atoms with Crippen molar-refractivity contribution in [2.75, 3.05) is 43.6 Å². The van der Waals surface area contributed by atoms with Crippen LogP contribution in [0.1, 0.15) is 50.3 Å². The molecule has 1 saturated carbocycles. The van der Waals surface area contributed by atoms with Crippen molar-refractivity contribution in [2.45, 2.75) is 45.1 Å². The van der Waals surface area contributed by atoms with Crippen LogP contribution in [0.15, 0.2) is 30.3 Å². The number of anilines is 2. The minimum Gasteiger partial charge on any atom is -0.384 e. The molecule has 2 aliphatic rings. The number of carbonyl (C=O) groups excluding carboxylic acids is 3. The average Bonchev–Trinajstić information content (AvgIpc) is 3.72. The first-order valence-electron chi connectivity index (χ1n) is 12.2. The van der Waals surface area contributed by atoms with Crippen LogP contribution in [-0.2, 0) is 19.1 Å². The molecule has 2 heterocycles. The third-order valence-corrected chi connectivity index (χ3v) is 6.64. The van der Waals surface area contributed by atoms with Gasteiger partial charge in [-0.2, -0.15) is 5.26 Å². The van der Waals surface area contributed by atoms with E-state index in [0.29, 0.717) is 55.6 Å². The van der Waals surface area contributed by atoms with E-state index in [1.165, 1.54) is 6.92 Å². The lowest BCUT2D eigenvalue weighted by Gasteiger charge is -2.41. The van der Waals surface area contributed by atoms with Gasteiger partial charge < -0.3 is 19.9 Å². The van der Waals surface area contributed by atoms with Gasteiger partial charge in [0.2, 0.25) is 11.7 Å². The Morgan fingerprint density at radius 2 is 2.00 bits per heavy atom. The second kappa shape index (κ2) is 10.9. The third kappa shape index (κ3) is 5.55. The number of nitrogens with one attached hydrogen (secondary N) is 1. The van der Waals surface area contributed by atoms with E-state index in [1.54, 1.807) is 19.2 Å². The van der Waals surface area contributed by atoms with Crippen molar-refractivity contribution in [3.8, 4) is 17.2 Å². The van der Waals surface area contributed by atoms with Crippen LogP contribution in [0.3, 0.4) is 0 Å². The Labute approximate surface area is 211 Å². The molecule has 9 nitrogen and oxygen atoms in total. The number of carbonyl (C=O) groups is 3. The van der Waals surface area contributed by atoms with E-state index >= 15 is 0 Å². The summed E-state index contributed by atoms with van der Waals surface area (Å²) < 4.78 is 5.05. The smallest absolute Gasteiger partial charge is 0.291 e. The molecule has 1 aromatic carbocycles. The Bertz CT molecular complexity index is 1220. The van der Waals surface area contributed by atoms with Crippen molar-refractivity contribution < 1.29 is 19.1 Å². The molecule has 1 atom stereocenters. The molecule has 1 aliphatic carbocycles. The number of ketones is 1. The summed E-state index contributed by atoms with van der Waals surface area (Å²) >= 11 is 0. The number of pyridine rings is 1. The molecule has 188 valence electrons. The highest BCUT2D eigenvalue weighted by Crippen LogP contribution is 2.45. The van der Waals surface area contributed by atoms with Crippen molar-refractivity contribution in [1.82, 2.24) is 9.88 Å². The molecule has 0 spiro atoms. The van der Waals surface area contributed by atoms with Crippen LogP contribution in [-0.4, -0.2) is 66.9 Å². The van der Waals surface area contributed by atoms with E-state index in [9.17, 15) is 19.6 Å². The summed E-state index contributed by atoms with van der Waals surface area (Å²) in [5.41, 5.74) is 3.61. The topological polar surface area (TPSA) is 116 Å². The standard InChI is InChI=1S/C27H31N5O4/c1-17-16-31(10-11-32(17)24(34)9-12-36-3)26-21(15-28)14-23(25(30-26)19-7-8-19)20-5-4-6-22(13-20)29-27(35)18(2)33/h4-6,13-14,17,19H,7-12,16H2,1-3H3,(H,29,35)/t17-/m1/s1. The quantitative estimate of drug-likeness (QED) is 0.567. The Hall–Kier alpha value is -3.77. The maximum Gasteiger partial charge on any atom is 0.291 e. The summed E-state index contributed by atoms with van der Waals surface area (Å²) in [4.78, 5) is 44.7. The average molecular weight is 490 g/mol. The van der Waals surface area contributed by atoms with Gasteiger partial charge in [0.15, 0.2) is 0 Å². The summed E-state index contributed by atoms with van der Waals surface area (Å²) in [6, 6.07) is 11.4. The van der Waals surface area contributed by atoms with E-state index in [1.807, 2.05) is 30.0 Å². The van der Waals surface area contributed by atoms with Crippen LogP contribution in [0.4, 0.5) is 11.5 Å². The van der Waals surface area contributed by atoms with Crippen LogP contribution < -0.4 is 10.2 Å². The zero-order chi connectivity index (χ0) is 25.8. The van der Waals surface area contributed by atoms with E-state index in [-0.39, 0.29) is 11.9 Å². The molecular formula is C27H31N5O4. The molecule has 1 aromatic heterocycles. The number of methoxy groups -OCH3 is 1. The highest BCUT2D eigenvalue weighted by molar-refractivity contribution is 6.39. The van der Waals surface area contributed by atoms with Gasteiger partial charge in [0, 0.05) is 56.9 Å². The predicted octanol–water partition coefficient (Wildman–Crippen LogP) is 3.10. The molecule has 0 bridgehead atoms. The summed E-state index contributed by atoms with van der Waals surface area (Å²) in [7, 11) is 1.59. The van der Waals surface area contributed by atoms with Crippen LogP contribution in [0.5, 0.6) is 0 Å². The SMILES string of the molecule is COCCC(=O)N1CCN(c2nc(C3CC3)c(-c3cccc(NC(=O)C(C)=O)c3)cc2C#N)C[C@H]1C. The molecule has 2 fully saturated rings. The lowest BCUT2D eigenvalue weighted by atomic mass is 9.98. The highest BCUT2D eigenvalue weighted by Gasteiger charge is 2.33. The molecule has 2 amide bonds. The molecule has 36 heavy (non-hydrogen) atoms. The van der Waals surface area contributed by atoms with Crippen LogP contribution in [0, 0.1) is 11.3 Å². The van der Waals surface area contributed by atoms with E-state index in [4.69, 9.17) is 9.72 Å². The molecule has 1 aliphatic heterocycles. The van der Waals surface area contributed by atoms with Gasteiger partial charge in [-0.15, -0.1) is 0 Å². The lowest BCUT2D eigenvalue weighted by molar-refractivity contribution is -0.134. The normalized spacial score (nSPS) is 17.4. The van der Waals surface area contributed by atoms with E-state index in [2.05, 4.69) is 16.3 Å². The monoisotopic (exact) mass is 489 g/mol. The first-order chi connectivity index (χ1) is 17.3. The van der Waals surface area contributed by atoms with Gasteiger partial charge in [0.1, 0.15) is 11.9 Å². The Kier molecular flexibility index (Phi) is 7.65. The second-order valence-corrected chi connectivity index (χ2v) is 9.39. The van der Waals surface area contributed by atoms with E-state index < -0.39 is 11.7 Å². The summed E-state index contributed by atoms with van der Waals surface area (Å²) in [5.74, 6) is -0.194. The number of aromatic nitrogens is 1. The highest BCUT2D eigenvalue weighted by atomic mass is 16.5. The summed E-state index contributed by atoms with van der Waals surface area (Å²) in [6.07, 6.45) is 2.42. The number of piperazine rings is 1. The van der Waals surface area contributed by atoms with Crippen molar-refractivity contribution in [3.63, 3.8) is 0 Å². The summed E-state index contributed by atoms with van der Waals surface area (Å²) in [5, 5.41) is 12.6. The van der Waals surface area contributed by atoms with Gasteiger partial charge in [-0.3, -0.25) is 14.4 Å². The fraction of sp³-hybridized carbons (Fsp3) is 0.444. The molecule has 2 aromatic rings. The number of rotatable bonds is 8. The van der Waals surface area contributed by atoms with Gasteiger partial charge in [0.05, 0.1) is 24.3 Å². The number of benzene rings is 1. The van der Waals surface area contributed by atoms with Gasteiger partial charge in [-0.05, 0) is 43.5 Å². The van der Waals surface area contributed by atoms with Crippen LogP contribution in [0.25, 0.3) is 11.1 Å². The van der Waals surface area contributed by atoms with Crippen LogP contribution in [0.2, 0.25) is 0 Å². The zero-order valence-electron chi connectivity index (χ0n) is 20.9. The second-order valence-electron chi connectivity index (χ2n) is 9.39. The largest absolute Gasteiger partial charge is 0.384 e. The van der Waals surface area contributed by atoms with Crippen molar-refractivity contribution >= 4 is 29.1 Å². The molecule has 9 heteroatoms. The first kappa shape index (κ1) is 25.3. The number of Topliss-reactive ketones (excluding diaryl/α,β-unsaturated/α-hetero) is 1. The molecule has 1 N–H and O–H groups in total.